The van der Waals surface area contributed by atoms with E-state index in [9.17, 15) is 19.5 Å². The Bertz CT molecular complexity index is 1130. The summed E-state index contributed by atoms with van der Waals surface area (Å²) in [6.45, 7) is -0.165. The molecule has 1 amide bonds. The number of anilines is 1. The van der Waals surface area contributed by atoms with Crippen LogP contribution in [0.25, 0.3) is 0 Å². The first kappa shape index (κ1) is 23.9. The number of amides is 1. The third kappa shape index (κ3) is 5.43. The molecule has 2 aliphatic heterocycles. The number of benzene rings is 1. The lowest BCUT2D eigenvalue weighted by Gasteiger charge is -2.44. The molecule has 12 heteroatoms. The average Bonchev–Trinajstić information content (AvgIpc) is 2.83. The molecule has 182 valence electrons. The standard InChI is InChI=1S/C22H27N5O7/c23-32-13-27-18(26-12-11-17(29)25-22(26)31)10-9-15(28)21(27)34-19-8-4-7-16(33-19)20(30)24-14-5-2-1-3-6-14/h1-3,5-7,11-12,15,18-19,21,28H,4,8-10,13,23H2,(H,24,30)(H,25,29,31). The van der Waals surface area contributed by atoms with Gasteiger partial charge in [0.05, 0.1) is 12.3 Å². The number of H-pyrrole nitrogens is 1. The van der Waals surface area contributed by atoms with Gasteiger partial charge in [0.1, 0.15) is 13.0 Å². The number of aromatic nitrogens is 2. The molecule has 1 aromatic carbocycles. The highest BCUT2D eigenvalue weighted by Crippen LogP contribution is 2.32. The molecule has 0 radical (unpaired) electrons. The topological polar surface area (TPSA) is 161 Å². The molecule has 1 aromatic heterocycles. The van der Waals surface area contributed by atoms with Gasteiger partial charge in [-0.05, 0) is 37.5 Å². The molecule has 0 spiro atoms. The van der Waals surface area contributed by atoms with Gasteiger partial charge in [0.15, 0.2) is 5.76 Å². The first-order chi connectivity index (χ1) is 16.5. The van der Waals surface area contributed by atoms with Crippen molar-refractivity contribution in [2.45, 2.75) is 50.5 Å². The Labute approximate surface area is 194 Å². The first-order valence-electron chi connectivity index (χ1n) is 10.9. The minimum Gasteiger partial charge on any atom is -0.459 e. The smallest absolute Gasteiger partial charge is 0.329 e. The Morgan fingerprint density at radius 3 is 2.74 bits per heavy atom. The summed E-state index contributed by atoms with van der Waals surface area (Å²) in [5, 5.41) is 13.4. The third-order valence-electron chi connectivity index (χ3n) is 5.69. The molecule has 4 unspecified atom stereocenters. The van der Waals surface area contributed by atoms with Gasteiger partial charge in [-0.15, -0.1) is 0 Å². The molecule has 5 N–H and O–H groups in total. The van der Waals surface area contributed by atoms with Crippen molar-refractivity contribution in [3.05, 3.63) is 75.3 Å². The largest absolute Gasteiger partial charge is 0.459 e. The van der Waals surface area contributed by atoms with Crippen LogP contribution < -0.4 is 22.5 Å². The van der Waals surface area contributed by atoms with Crippen molar-refractivity contribution >= 4 is 11.6 Å². The van der Waals surface area contributed by atoms with E-state index in [1.54, 1.807) is 35.2 Å². The Balaban J connectivity index is 1.48. The summed E-state index contributed by atoms with van der Waals surface area (Å²) in [6.07, 6.45) is 1.43. The zero-order chi connectivity index (χ0) is 24.1. The summed E-state index contributed by atoms with van der Waals surface area (Å²) < 4.78 is 13.2. The summed E-state index contributed by atoms with van der Waals surface area (Å²) in [7, 11) is 0. The van der Waals surface area contributed by atoms with E-state index < -0.39 is 41.9 Å². The quantitative estimate of drug-likeness (QED) is 0.416. The summed E-state index contributed by atoms with van der Waals surface area (Å²) in [6, 6.07) is 10.2. The number of hydrogen-bond acceptors (Lipinski definition) is 9. The van der Waals surface area contributed by atoms with Crippen LogP contribution in [0.1, 0.15) is 31.8 Å². The lowest BCUT2D eigenvalue weighted by atomic mass is 10.0. The maximum Gasteiger partial charge on any atom is 0.329 e. The van der Waals surface area contributed by atoms with E-state index in [4.69, 9.17) is 20.2 Å². The van der Waals surface area contributed by atoms with E-state index in [0.29, 0.717) is 31.4 Å². The van der Waals surface area contributed by atoms with Crippen LogP contribution in [0.4, 0.5) is 5.69 Å². The van der Waals surface area contributed by atoms with Crippen molar-refractivity contribution in [3.8, 4) is 0 Å². The van der Waals surface area contributed by atoms with Gasteiger partial charge in [-0.3, -0.25) is 24.0 Å². The highest BCUT2D eigenvalue weighted by molar-refractivity contribution is 6.02. The molecule has 2 aliphatic rings. The van der Waals surface area contributed by atoms with Gasteiger partial charge in [-0.1, -0.05) is 18.2 Å². The molecular weight excluding hydrogens is 446 g/mol. The Morgan fingerprint density at radius 2 is 2.00 bits per heavy atom. The predicted octanol–water partition coefficient (Wildman–Crippen LogP) is 0.341. The van der Waals surface area contributed by atoms with Gasteiger partial charge in [-0.2, -0.15) is 0 Å². The van der Waals surface area contributed by atoms with E-state index >= 15 is 0 Å². The number of rotatable bonds is 7. The fourth-order valence-electron chi connectivity index (χ4n) is 4.11. The van der Waals surface area contributed by atoms with Crippen molar-refractivity contribution in [2.24, 2.45) is 5.90 Å². The molecule has 4 atom stereocenters. The van der Waals surface area contributed by atoms with E-state index in [-0.39, 0.29) is 12.5 Å². The maximum absolute atomic E-state index is 12.6. The molecule has 34 heavy (non-hydrogen) atoms. The molecule has 2 aromatic rings. The second kappa shape index (κ2) is 10.8. The second-order valence-electron chi connectivity index (χ2n) is 7.99. The van der Waals surface area contributed by atoms with Gasteiger partial charge in [-0.25, -0.2) is 15.6 Å². The zero-order valence-electron chi connectivity index (χ0n) is 18.3. The van der Waals surface area contributed by atoms with Crippen LogP contribution >= 0.6 is 0 Å². The van der Waals surface area contributed by atoms with Crippen LogP contribution in [0.5, 0.6) is 0 Å². The minimum absolute atomic E-state index is 0.112. The summed E-state index contributed by atoms with van der Waals surface area (Å²) >= 11 is 0. The molecule has 12 nitrogen and oxygen atoms in total. The van der Waals surface area contributed by atoms with E-state index in [0.717, 1.165) is 0 Å². The van der Waals surface area contributed by atoms with Crippen LogP contribution in [-0.2, 0) is 19.1 Å². The monoisotopic (exact) mass is 473 g/mol. The highest BCUT2D eigenvalue weighted by Gasteiger charge is 2.41. The number of aliphatic hydroxyl groups is 1. The van der Waals surface area contributed by atoms with Crippen LogP contribution in [0.2, 0.25) is 0 Å². The summed E-state index contributed by atoms with van der Waals surface area (Å²) in [5.74, 6) is 5.02. The number of allylic oxidation sites excluding steroid dienone is 1. The van der Waals surface area contributed by atoms with Crippen LogP contribution in [0.15, 0.2) is 64.0 Å². The number of aromatic amines is 1. The third-order valence-corrected chi connectivity index (χ3v) is 5.69. The van der Waals surface area contributed by atoms with Crippen molar-refractivity contribution in [3.63, 3.8) is 0 Å². The number of nitrogens with two attached hydrogens (primary N) is 1. The molecule has 0 bridgehead atoms. The molecule has 0 saturated carbocycles. The SMILES string of the molecule is NOCN1C(OC2CCC=C(C(=O)Nc3ccccc3)O2)C(O)CCC1n1ccc(=O)[nH]c1=O. The molecule has 3 heterocycles. The van der Waals surface area contributed by atoms with Crippen molar-refractivity contribution in [1.29, 1.82) is 0 Å². The van der Waals surface area contributed by atoms with Crippen LogP contribution in [-0.4, -0.2) is 50.8 Å². The summed E-state index contributed by atoms with van der Waals surface area (Å²) in [5.41, 5.74) is -0.496. The molecule has 0 aliphatic carbocycles. The number of para-hydroxylation sites is 1. The van der Waals surface area contributed by atoms with Crippen molar-refractivity contribution in [1.82, 2.24) is 14.5 Å². The number of nitrogens with zero attached hydrogens (tertiary/aromatic N) is 2. The van der Waals surface area contributed by atoms with Gasteiger partial charge >= 0.3 is 5.69 Å². The van der Waals surface area contributed by atoms with E-state index in [1.165, 1.54) is 16.8 Å². The van der Waals surface area contributed by atoms with Gasteiger partial charge in [0, 0.05) is 24.4 Å². The average molecular weight is 473 g/mol. The number of likely N-dealkylation sites (tertiary alicyclic amines) is 1. The number of ether oxygens (including phenoxy) is 2. The molecule has 1 fully saturated rings. The molecule has 4 rings (SSSR count). The summed E-state index contributed by atoms with van der Waals surface area (Å²) in [4.78, 5) is 45.1. The Hall–Kier alpha value is -3.29. The van der Waals surface area contributed by atoms with Crippen LogP contribution in [0.3, 0.4) is 0 Å². The molecular formula is C22H27N5O7. The number of carbonyl (C=O) groups is 1. The Morgan fingerprint density at radius 1 is 1.21 bits per heavy atom. The van der Waals surface area contributed by atoms with Crippen molar-refractivity contribution in [2.75, 3.05) is 12.0 Å². The number of carbonyl (C=O) groups excluding carboxylic acids is 1. The first-order valence-corrected chi connectivity index (χ1v) is 10.9. The lowest BCUT2D eigenvalue weighted by molar-refractivity contribution is -0.265. The van der Waals surface area contributed by atoms with Gasteiger partial charge in [0.25, 0.3) is 11.5 Å². The number of piperidine rings is 1. The predicted molar refractivity (Wildman–Crippen MR) is 120 cm³/mol. The number of nitrogens with one attached hydrogen (secondary N) is 2. The zero-order valence-corrected chi connectivity index (χ0v) is 18.3. The number of hydrogen-bond donors (Lipinski definition) is 4. The number of aliphatic hydroxyl groups excluding tert-OH is 1. The van der Waals surface area contributed by atoms with E-state index in [1.807, 2.05) is 6.07 Å². The maximum atomic E-state index is 12.6. The van der Waals surface area contributed by atoms with Crippen molar-refractivity contribution < 1.29 is 24.2 Å². The minimum atomic E-state index is -0.942. The van der Waals surface area contributed by atoms with Crippen LogP contribution in [0, 0.1) is 0 Å². The van der Waals surface area contributed by atoms with E-state index in [2.05, 4.69) is 10.3 Å². The fraction of sp³-hybridized carbons (Fsp3) is 0.409. The molecule has 1 saturated heterocycles. The lowest BCUT2D eigenvalue weighted by Crippen LogP contribution is -2.56. The highest BCUT2D eigenvalue weighted by atomic mass is 16.7. The van der Waals surface area contributed by atoms with Gasteiger partial charge < -0.3 is 19.9 Å². The second-order valence-corrected chi connectivity index (χ2v) is 7.99. The van der Waals surface area contributed by atoms with Gasteiger partial charge in [0.2, 0.25) is 6.29 Å². The Kier molecular flexibility index (Phi) is 7.55. The normalized spacial score (nSPS) is 25.3. The fourth-order valence-corrected chi connectivity index (χ4v) is 4.11.